The van der Waals surface area contributed by atoms with Gasteiger partial charge in [-0.15, -0.1) is 0 Å². The van der Waals surface area contributed by atoms with Gasteiger partial charge in [0.15, 0.2) is 6.49 Å². The monoisotopic (exact) mass is 196 g/mol. The smallest absolute Gasteiger partial charge is 0.185 e. The van der Waals surface area contributed by atoms with E-state index in [-0.39, 0.29) is 0 Å². The van der Waals surface area contributed by atoms with Crippen LogP contribution in [0.2, 0.25) is 0 Å². The van der Waals surface area contributed by atoms with Gasteiger partial charge < -0.3 is 9.05 Å². The van der Waals surface area contributed by atoms with Crippen LogP contribution < -0.4 is 0 Å². The highest BCUT2D eigenvalue weighted by molar-refractivity contribution is 8.09. The Labute approximate surface area is 74.4 Å². The second-order valence-corrected chi connectivity index (χ2v) is 6.65. The third kappa shape index (κ3) is 6.95. The van der Waals surface area contributed by atoms with Gasteiger partial charge in [-0.1, -0.05) is 19.8 Å². The van der Waals surface area contributed by atoms with E-state index in [0.29, 0.717) is 0 Å². The van der Waals surface area contributed by atoms with E-state index in [1.165, 1.54) is 12.8 Å². The highest BCUT2D eigenvalue weighted by Crippen LogP contribution is 2.43. The molecule has 2 nitrogen and oxygen atoms in total. The summed E-state index contributed by atoms with van der Waals surface area (Å²) in [5, 5.41) is 0. The van der Waals surface area contributed by atoms with Crippen LogP contribution in [0.25, 0.3) is 0 Å². The molecule has 0 amide bonds. The summed E-state index contributed by atoms with van der Waals surface area (Å²) in [6.45, 7) is 2.89. The molecule has 0 N–H and O–H groups in total. The molecule has 1 unspecified atom stereocenters. The third-order valence-electron chi connectivity index (χ3n) is 1.41. The van der Waals surface area contributed by atoms with Crippen LogP contribution in [0.1, 0.15) is 26.2 Å². The molecule has 0 bridgehead atoms. The molecule has 0 saturated carbocycles. The van der Waals surface area contributed by atoms with Gasteiger partial charge in [-0.3, -0.25) is 0 Å². The second-order valence-electron chi connectivity index (χ2n) is 2.49. The van der Waals surface area contributed by atoms with Crippen LogP contribution in [0, 0.1) is 0 Å². The van der Waals surface area contributed by atoms with E-state index in [4.69, 9.17) is 20.9 Å². The molecule has 0 aromatic carbocycles. The molecule has 0 aliphatic heterocycles. The summed E-state index contributed by atoms with van der Waals surface area (Å²) in [5.41, 5.74) is 0. The Morgan fingerprint density at radius 3 is 2.45 bits per heavy atom. The maximum Gasteiger partial charge on any atom is 0.185 e. The van der Waals surface area contributed by atoms with Crippen molar-refractivity contribution in [2.24, 2.45) is 0 Å². The van der Waals surface area contributed by atoms with E-state index >= 15 is 0 Å². The Kier molecular flexibility index (Phi) is 6.44. The first-order valence-corrected chi connectivity index (χ1v) is 6.98. The maximum absolute atomic E-state index is 5.38. The van der Waals surface area contributed by atoms with E-state index < -0.39 is 6.49 Å². The van der Waals surface area contributed by atoms with Gasteiger partial charge in [-0.05, 0) is 18.2 Å². The van der Waals surface area contributed by atoms with E-state index in [1.807, 2.05) is 6.66 Å². The van der Waals surface area contributed by atoms with Crippen LogP contribution in [-0.2, 0) is 20.9 Å². The van der Waals surface area contributed by atoms with Crippen LogP contribution in [0.4, 0.5) is 0 Å². The van der Waals surface area contributed by atoms with Crippen LogP contribution in [-0.4, -0.2) is 20.4 Å². The van der Waals surface area contributed by atoms with Crippen molar-refractivity contribution in [2.75, 3.05) is 20.4 Å². The fourth-order valence-electron chi connectivity index (χ4n) is 0.635. The lowest BCUT2D eigenvalue weighted by Crippen LogP contribution is -1.93. The van der Waals surface area contributed by atoms with E-state index in [2.05, 4.69) is 6.92 Å². The Hall–Kier alpha value is 0.570. The highest BCUT2D eigenvalue weighted by Gasteiger charge is 2.06. The molecule has 0 fully saturated rings. The zero-order chi connectivity index (χ0) is 8.74. The normalized spacial score (nSPS) is 16.3. The predicted molar refractivity (Wildman–Crippen MR) is 52.7 cm³/mol. The highest BCUT2D eigenvalue weighted by atomic mass is 32.5. The average molecular weight is 196 g/mol. The standard InChI is InChI=1S/C7H17O2PS/c1-4-5-6-7-9-10(3,11)8-2/h4-7H2,1-3H3. The summed E-state index contributed by atoms with van der Waals surface area (Å²) in [6, 6.07) is 0. The summed E-state index contributed by atoms with van der Waals surface area (Å²) in [4.78, 5) is 0. The third-order valence-corrected chi connectivity index (χ3v) is 3.48. The first-order chi connectivity index (χ1) is 5.12. The minimum atomic E-state index is -1.88. The van der Waals surface area contributed by atoms with Gasteiger partial charge in [-0.25, -0.2) is 0 Å². The van der Waals surface area contributed by atoms with Gasteiger partial charge in [0.2, 0.25) is 0 Å². The quantitative estimate of drug-likeness (QED) is 0.480. The minimum Gasteiger partial charge on any atom is -0.333 e. The lowest BCUT2D eigenvalue weighted by Gasteiger charge is -2.14. The van der Waals surface area contributed by atoms with Crippen molar-refractivity contribution in [3.8, 4) is 0 Å². The van der Waals surface area contributed by atoms with Gasteiger partial charge in [-0.2, -0.15) is 0 Å². The fraction of sp³-hybridized carbons (Fsp3) is 1.00. The molecule has 0 saturated heterocycles. The van der Waals surface area contributed by atoms with Gasteiger partial charge in [0.05, 0.1) is 6.61 Å². The van der Waals surface area contributed by atoms with Crippen LogP contribution >= 0.6 is 6.49 Å². The zero-order valence-corrected chi connectivity index (χ0v) is 9.21. The van der Waals surface area contributed by atoms with Gasteiger partial charge in [0, 0.05) is 13.8 Å². The molecule has 0 heterocycles. The van der Waals surface area contributed by atoms with E-state index in [1.54, 1.807) is 7.11 Å². The molecule has 68 valence electrons. The number of unbranched alkanes of at least 4 members (excludes halogenated alkanes) is 2. The average Bonchev–Trinajstić information content (AvgIpc) is 1.99. The topological polar surface area (TPSA) is 18.5 Å². The van der Waals surface area contributed by atoms with Crippen molar-refractivity contribution in [2.45, 2.75) is 26.2 Å². The lowest BCUT2D eigenvalue weighted by molar-refractivity contribution is 0.278. The van der Waals surface area contributed by atoms with Crippen molar-refractivity contribution in [1.29, 1.82) is 0 Å². The number of hydrogen-bond acceptors (Lipinski definition) is 3. The van der Waals surface area contributed by atoms with Crippen molar-refractivity contribution in [3.05, 3.63) is 0 Å². The van der Waals surface area contributed by atoms with Crippen LogP contribution in [0.15, 0.2) is 0 Å². The fourth-order valence-corrected chi connectivity index (χ4v) is 1.42. The largest absolute Gasteiger partial charge is 0.333 e. The Morgan fingerprint density at radius 2 is 2.00 bits per heavy atom. The first-order valence-electron chi connectivity index (χ1n) is 3.90. The van der Waals surface area contributed by atoms with Gasteiger partial charge >= 0.3 is 0 Å². The molecule has 0 aromatic rings. The van der Waals surface area contributed by atoms with Crippen molar-refractivity contribution in [3.63, 3.8) is 0 Å². The summed E-state index contributed by atoms with van der Waals surface area (Å²) in [7, 11) is 1.61. The molecule has 0 rings (SSSR count). The van der Waals surface area contributed by atoms with Gasteiger partial charge in [0.25, 0.3) is 0 Å². The van der Waals surface area contributed by atoms with E-state index in [9.17, 15) is 0 Å². The van der Waals surface area contributed by atoms with Gasteiger partial charge in [0.1, 0.15) is 0 Å². The van der Waals surface area contributed by atoms with Crippen LogP contribution in [0.5, 0.6) is 0 Å². The molecule has 0 spiro atoms. The Morgan fingerprint density at radius 1 is 1.36 bits per heavy atom. The predicted octanol–water partition coefficient (Wildman–Crippen LogP) is 2.78. The molecular formula is C7H17O2PS. The van der Waals surface area contributed by atoms with Crippen molar-refractivity contribution >= 4 is 18.3 Å². The second kappa shape index (κ2) is 6.13. The molecule has 11 heavy (non-hydrogen) atoms. The first kappa shape index (κ1) is 11.6. The lowest BCUT2D eigenvalue weighted by atomic mass is 10.3. The van der Waals surface area contributed by atoms with Crippen molar-refractivity contribution < 1.29 is 9.05 Å². The summed E-state index contributed by atoms with van der Waals surface area (Å²) < 4.78 is 10.4. The minimum absolute atomic E-state index is 0.745. The number of rotatable bonds is 6. The molecule has 4 heteroatoms. The molecular weight excluding hydrogens is 179 g/mol. The summed E-state index contributed by atoms with van der Waals surface area (Å²) in [5.74, 6) is 0. The molecule has 0 aromatic heterocycles. The molecule has 0 aliphatic carbocycles. The Bertz CT molecular complexity index is 138. The van der Waals surface area contributed by atoms with Crippen molar-refractivity contribution in [1.82, 2.24) is 0 Å². The zero-order valence-electron chi connectivity index (χ0n) is 7.50. The maximum atomic E-state index is 5.38. The summed E-state index contributed by atoms with van der Waals surface area (Å²) >= 11 is 5.06. The van der Waals surface area contributed by atoms with Crippen LogP contribution in [0.3, 0.4) is 0 Å². The number of hydrogen-bond donors (Lipinski definition) is 0. The molecule has 0 aliphatic rings. The molecule has 1 atom stereocenters. The SMILES string of the molecule is CCCCCOP(C)(=S)OC. The molecule has 0 radical (unpaired) electrons. The Balaban J connectivity index is 3.31. The van der Waals surface area contributed by atoms with E-state index in [0.717, 1.165) is 13.0 Å². The summed E-state index contributed by atoms with van der Waals surface area (Å²) in [6.07, 6.45) is 3.51.